The number of nitrogens with one attached hydrogen (secondary N) is 1. The summed E-state index contributed by atoms with van der Waals surface area (Å²) in [5.41, 5.74) is 1.72. The highest BCUT2D eigenvalue weighted by Gasteiger charge is 2.20. The van der Waals surface area contributed by atoms with Gasteiger partial charge in [-0.3, -0.25) is 10.0 Å². The van der Waals surface area contributed by atoms with Crippen molar-refractivity contribution in [1.82, 2.24) is 5.48 Å². The van der Waals surface area contributed by atoms with Gasteiger partial charge in [0.2, 0.25) is 0 Å². The zero-order valence-corrected chi connectivity index (χ0v) is 17.3. The number of carbonyl (C=O) groups is 1. The zero-order chi connectivity index (χ0) is 20.4. The van der Waals surface area contributed by atoms with Gasteiger partial charge in [-0.2, -0.15) is 8.42 Å². The Kier molecular flexibility index (Phi) is 8.82. The summed E-state index contributed by atoms with van der Waals surface area (Å²) in [6.45, 7) is 2.12. The van der Waals surface area contributed by atoms with Gasteiger partial charge < -0.3 is 4.18 Å². The average molecular weight is 424 g/mol. The fourth-order valence-corrected chi connectivity index (χ4v) is 4.59. The maximum absolute atomic E-state index is 12.3. The van der Waals surface area contributed by atoms with Crippen molar-refractivity contribution in [2.24, 2.45) is 0 Å². The number of unbranched alkanes of at least 4 members (excludes halogenated alkanes) is 3. The third kappa shape index (κ3) is 6.85. The molecule has 2 N–H and O–H groups in total. The Morgan fingerprint density at radius 1 is 1.07 bits per heavy atom. The van der Waals surface area contributed by atoms with Gasteiger partial charge in [0.1, 0.15) is 10.6 Å². The monoisotopic (exact) mass is 423 g/mol. The van der Waals surface area contributed by atoms with Crippen LogP contribution in [0.5, 0.6) is 5.75 Å². The van der Waals surface area contributed by atoms with E-state index in [1.165, 1.54) is 23.9 Å². The lowest BCUT2D eigenvalue weighted by molar-refractivity contribution is -0.128. The largest absolute Gasteiger partial charge is 0.379 e. The molecule has 1 amide bonds. The highest BCUT2D eigenvalue weighted by Crippen LogP contribution is 2.29. The molecule has 2 rings (SSSR count). The first kappa shape index (κ1) is 22.3. The summed E-state index contributed by atoms with van der Waals surface area (Å²) in [5.74, 6) is -0.243. The molecule has 8 heteroatoms. The third-order valence-electron chi connectivity index (χ3n) is 4.06. The number of amides is 1. The van der Waals surface area contributed by atoms with Gasteiger partial charge in [-0.25, -0.2) is 5.48 Å². The second-order valence-corrected chi connectivity index (χ2v) is 9.08. The molecule has 2 aromatic carbocycles. The summed E-state index contributed by atoms with van der Waals surface area (Å²) in [5, 5.41) is 8.55. The van der Waals surface area contributed by atoms with E-state index >= 15 is 0 Å². The molecule has 1 unspecified atom stereocenters. The van der Waals surface area contributed by atoms with Crippen molar-refractivity contribution in [1.29, 1.82) is 0 Å². The molecule has 2 aromatic rings. The van der Waals surface area contributed by atoms with Crippen LogP contribution in [0.1, 0.15) is 39.0 Å². The van der Waals surface area contributed by atoms with Crippen LogP contribution in [-0.2, 0) is 14.9 Å². The summed E-state index contributed by atoms with van der Waals surface area (Å²) >= 11 is 1.33. The molecule has 0 spiro atoms. The van der Waals surface area contributed by atoms with E-state index in [0.29, 0.717) is 6.42 Å². The van der Waals surface area contributed by atoms with E-state index in [2.05, 4.69) is 6.92 Å². The van der Waals surface area contributed by atoms with Gasteiger partial charge in [-0.05, 0) is 42.8 Å². The minimum Gasteiger partial charge on any atom is -0.379 e. The fourth-order valence-electron chi connectivity index (χ4n) is 2.57. The second kappa shape index (κ2) is 11.1. The van der Waals surface area contributed by atoms with Gasteiger partial charge in [0, 0.05) is 4.90 Å². The highest BCUT2D eigenvalue weighted by atomic mass is 32.2. The molecular weight excluding hydrogens is 398 g/mol. The lowest BCUT2D eigenvalue weighted by atomic mass is 10.1. The van der Waals surface area contributed by atoms with Crippen molar-refractivity contribution in [2.75, 3.05) is 0 Å². The predicted octanol–water partition coefficient (Wildman–Crippen LogP) is 4.39. The number of carbonyl (C=O) groups excluding carboxylic acids is 1. The second-order valence-electron chi connectivity index (χ2n) is 6.25. The van der Waals surface area contributed by atoms with Gasteiger partial charge in [-0.1, -0.05) is 50.8 Å². The van der Waals surface area contributed by atoms with E-state index in [0.717, 1.165) is 30.6 Å². The molecule has 0 bridgehead atoms. The van der Waals surface area contributed by atoms with Crippen molar-refractivity contribution in [3.8, 4) is 5.75 Å². The molecule has 0 aromatic heterocycles. The minimum absolute atomic E-state index is 0.0835. The van der Waals surface area contributed by atoms with E-state index in [1.54, 1.807) is 47.9 Å². The smallest absolute Gasteiger partial charge is 0.339 e. The van der Waals surface area contributed by atoms with Crippen LogP contribution in [0.15, 0.2) is 64.4 Å². The molecule has 0 radical (unpaired) electrons. The van der Waals surface area contributed by atoms with Crippen molar-refractivity contribution >= 4 is 27.8 Å². The van der Waals surface area contributed by atoms with E-state index in [1.807, 2.05) is 0 Å². The summed E-state index contributed by atoms with van der Waals surface area (Å²) in [6.07, 6.45) is 4.81. The minimum atomic E-state index is -3.89. The molecular formula is C20H25NO5S2. The standard InChI is InChI=1S/C20H25NO5S2/c1-2-3-4-8-11-19(20(22)21-23)27-17-14-12-16(13-15-17)26-28(24,25)18-9-6-5-7-10-18/h5-7,9-10,12-15,19,23H,2-4,8,11H2,1H3,(H,21,22). The lowest BCUT2D eigenvalue weighted by Gasteiger charge is -2.14. The number of benzene rings is 2. The molecule has 0 aliphatic carbocycles. The fraction of sp³-hybridized carbons (Fsp3) is 0.350. The van der Waals surface area contributed by atoms with Crippen LogP contribution >= 0.6 is 11.8 Å². The molecule has 152 valence electrons. The highest BCUT2D eigenvalue weighted by molar-refractivity contribution is 8.00. The van der Waals surface area contributed by atoms with E-state index in [9.17, 15) is 13.2 Å². The SMILES string of the molecule is CCCCCCC(Sc1ccc(OS(=O)(=O)c2ccccc2)cc1)C(=O)NO. The van der Waals surface area contributed by atoms with Crippen LogP contribution < -0.4 is 9.66 Å². The van der Waals surface area contributed by atoms with Crippen molar-refractivity contribution in [2.45, 2.75) is 54.1 Å². The number of hydrogen-bond acceptors (Lipinski definition) is 6. The van der Waals surface area contributed by atoms with Crippen LogP contribution in [0.3, 0.4) is 0 Å². The Bertz CT molecular complexity index is 839. The average Bonchev–Trinajstić information content (AvgIpc) is 2.71. The summed E-state index contributed by atoms with van der Waals surface area (Å²) in [6, 6.07) is 14.4. The Labute approximate surface area is 170 Å². The topological polar surface area (TPSA) is 92.7 Å². The molecule has 0 heterocycles. The van der Waals surface area contributed by atoms with E-state index in [-0.39, 0.29) is 10.6 Å². The maximum Gasteiger partial charge on any atom is 0.339 e. The van der Waals surface area contributed by atoms with Gasteiger partial charge in [0.25, 0.3) is 5.91 Å². The summed E-state index contributed by atoms with van der Waals surface area (Å²) < 4.78 is 29.7. The van der Waals surface area contributed by atoms with E-state index < -0.39 is 21.3 Å². The maximum atomic E-state index is 12.3. The number of hydroxylamine groups is 1. The number of hydrogen-bond donors (Lipinski definition) is 2. The first-order valence-corrected chi connectivity index (χ1v) is 11.4. The van der Waals surface area contributed by atoms with Gasteiger partial charge in [-0.15, -0.1) is 11.8 Å². The Balaban J connectivity index is 2.01. The van der Waals surface area contributed by atoms with Crippen LogP contribution in [0.2, 0.25) is 0 Å². The molecule has 0 saturated heterocycles. The van der Waals surface area contributed by atoms with Crippen LogP contribution in [-0.4, -0.2) is 24.8 Å². The quantitative estimate of drug-likeness (QED) is 0.183. The molecule has 0 fully saturated rings. The van der Waals surface area contributed by atoms with Crippen LogP contribution in [0.25, 0.3) is 0 Å². The Hall–Kier alpha value is -2.03. The van der Waals surface area contributed by atoms with E-state index in [4.69, 9.17) is 9.39 Å². The molecule has 1 atom stereocenters. The first-order valence-electron chi connectivity index (χ1n) is 9.16. The molecule has 0 saturated carbocycles. The normalized spacial score (nSPS) is 12.4. The van der Waals surface area contributed by atoms with Gasteiger partial charge >= 0.3 is 10.1 Å². The number of rotatable bonds is 11. The summed E-state index contributed by atoms with van der Waals surface area (Å²) in [7, 11) is -3.89. The molecule has 0 aliphatic rings. The third-order valence-corrected chi connectivity index (χ3v) is 6.60. The van der Waals surface area contributed by atoms with Gasteiger partial charge in [0.05, 0.1) is 5.25 Å². The lowest BCUT2D eigenvalue weighted by Crippen LogP contribution is -2.30. The molecule has 0 aliphatic heterocycles. The van der Waals surface area contributed by atoms with Crippen molar-refractivity contribution in [3.05, 3.63) is 54.6 Å². The first-order chi connectivity index (χ1) is 13.5. The molecule has 28 heavy (non-hydrogen) atoms. The predicted molar refractivity (Wildman–Crippen MR) is 109 cm³/mol. The van der Waals surface area contributed by atoms with Crippen LogP contribution in [0, 0.1) is 0 Å². The number of thioether (sulfide) groups is 1. The van der Waals surface area contributed by atoms with Crippen molar-refractivity contribution in [3.63, 3.8) is 0 Å². The summed E-state index contributed by atoms with van der Waals surface area (Å²) in [4.78, 5) is 12.8. The Morgan fingerprint density at radius 3 is 2.36 bits per heavy atom. The van der Waals surface area contributed by atoms with Gasteiger partial charge in [0.15, 0.2) is 0 Å². The molecule has 6 nitrogen and oxygen atoms in total. The van der Waals surface area contributed by atoms with Crippen molar-refractivity contribution < 1.29 is 22.6 Å². The van der Waals surface area contributed by atoms with Crippen LogP contribution in [0.4, 0.5) is 0 Å². The Morgan fingerprint density at radius 2 is 1.75 bits per heavy atom. The zero-order valence-electron chi connectivity index (χ0n) is 15.7.